The molecule has 0 bridgehead atoms. The van der Waals surface area contributed by atoms with E-state index in [1.54, 1.807) is 0 Å². The largest absolute Gasteiger partial charge is 0.416 e. The first-order chi connectivity index (χ1) is 14.2. The van der Waals surface area contributed by atoms with Crippen molar-refractivity contribution in [1.29, 1.82) is 0 Å². The monoisotopic (exact) mass is 448 g/mol. The summed E-state index contributed by atoms with van der Waals surface area (Å²) < 4.78 is 64.4. The van der Waals surface area contributed by atoms with E-state index in [2.05, 4.69) is 10.6 Å². The van der Waals surface area contributed by atoms with Crippen molar-refractivity contribution in [1.82, 2.24) is 10.6 Å². The summed E-state index contributed by atoms with van der Waals surface area (Å²) in [6, 6.07) is 4.44. The third kappa shape index (κ3) is 6.18. The van der Waals surface area contributed by atoms with Crippen LogP contribution in [-0.4, -0.2) is 43.6 Å². The molecule has 3 rings (SSSR count). The first-order valence-electron chi connectivity index (χ1n) is 10.7. The van der Waals surface area contributed by atoms with Gasteiger partial charge in [-0.2, -0.15) is 13.2 Å². The van der Waals surface area contributed by atoms with E-state index in [0.29, 0.717) is 38.3 Å². The van der Waals surface area contributed by atoms with Gasteiger partial charge in [-0.05, 0) is 56.7 Å². The average Bonchev–Trinajstić information content (AvgIpc) is 2.73. The number of alkyl halides is 3. The molecule has 1 aromatic carbocycles. The standard InChI is InChI=1S/C21H31F3N2O3S/c22-21(23,24)15-5-4-8-19(13-15)30(28,29)18-11-9-16(10-12-18)25-14-20(27)26-17-6-2-1-3-7-17/h4-5,8,13,16-18,20,25-27H,1-3,6-7,9-12,14H2. The molecule has 0 radical (unpaired) electrons. The fourth-order valence-electron chi connectivity index (χ4n) is 4.50. The number of hydrogen-bond acceptors (Lipinski definition) is 5. The number of nitrogens with one attached hydrogen (secondary N) is 2. The van der Waals surface area contributed by atoms with E-state index in [9.17, 15) is 26.7 Å². The van der Waals surface area contributed by atoms with E-state index in [-0.39, 0.29) is 10.9 Å². The second-order valence-electron chi connectivity index (χ2n) is 8.47. The van der Waals surface area contributed by atoms with Crippen LogP contribution in [0.1, 0.15) is 63.4 Å². The van der Waals surface area contributed by atoms with Crippen LogP contribution in [0.5, 0.6) is 0 Å². The maximum absolute atomic E-state index is 12.9. The molecule has 0 saturated heterocycles. The average molecular weight is 449 g/mol. The number of sulfone groups is 1. The van der Waals surface area contributed by atoms with Gasteiger partial charge in [-0.25, -0.2) is 8.42 Å². The van der Waals surface area contributed by atoms with Crippen molar-refractivity contribution < 1.29 is 26.7 Å². The quantitative estimate of drug-likeness (QED) is 0.556. The Morgan fingerprint density at radius 2 is 1.67 bits per heavy atom. The molecule has 9 heteroatoms. The van der Waals surface area contributed by atoms with Crippen LogP contribution < -0.4 is 10.6 Å². The highest BCUT2D eigenvalue weighted by molar-refractivity contribution is 7.92. The van der Waals surface area contributed by atoms with Crippen molar-refractivity contribution in [3.63, 3.8) is 0 Å². The Labute approximate surface area is 176 Å². The number of aliphatic hydroxyl groups excluding tert-OH is 1. The van der Waals surface area contributed by atoms with Gasteiger partial charge in [0.25, 0.3) is 0 Å². The molecule has 1 atom stereocenters. The predicted octanol–water partition coefficient (Wildman–Crippen LogP) is 3.62. The summed E-state index contributed by atoms with van der Waals surface area (Å²) in [6.45, 7) is 0.395. The van der Waals surface area contributed by atoms with Crippen molar-refractivity contribution >= 4 is 9.84 Å². The van der Waals surface area contributed by atoms with E-state index in [1.807, 2.05) is 0 Å². The number of aliphatic hydroxyl groups is 1. The lowest BCUT2D eigenvalue weighted by Gasteiger charge is -2.31. The Balaban J connectivity index is 1.48. The predicted molar refractivity (Wildman–Crippen MR) is 109 cm³/mol. The van der Waals surface area contributed by atoms with Crippen molar-refractivity contribution in [2.45, 2.75) is 92.4 Å². The topological polar surface area (TPSA) is 78.4 Å². The molecule has 5 nitrogen and oxygen atoms in total. The van der Waals surface area contributed by atoms with Crippen molar-refractivity contribution in [2.75, 3.05) is 6.54 Å². The highest BCUT2D eigenvalue weighted by Gasteiger charge is 2.35. The zero-order valence-electron chi connectivity index (χ0n) is 17.0. The molecule has 2 fully saturated rings. The molecule has 3 N–H and O–H groups in total. The lowest BCUT2D eigenvalue weighted by molar-refractivity contribution is -0.137. The van der Waals surface area contributed by atoms with Crippen LogP contribution in [0.15, 0.2) is 29.2 Å². The summed E-state index contributed by atoms with van der Waals surface area (Å²) in [7, 11) is -3.81. The zero-order valence-corrected chi connectivity index (χ0v) is 17.8. The van der Waals surface area contributed by atoms with Gasteiger partial charge in [0.15, 0.2) is 9.84 Å². The summed E-state index contributed by atoms with van der Waals surface area (Å²) in [5.41, 5.74) is -0.946. The summed E-state index contributed by atoms with van der Waals surface area (Å²) in [5.74, 6) is 0. The fraction of sp³-hybridized carbons (Fsp3) is 0.714. The first-order valence-corrected chi connectivity index (χ1v) is 12.3. The summed E-state index contributed by atoms with van der Waals surface area (Å²) in [4.78, 5) is -0.263. The smallest absolute Gasteiger partial charge is 0.377 e. The highest BCUT2D eigenvalue weighted by Crippen LogP contribution is 2.33. The van der Waals surface area contributed by atoms with Crippen LogP contribution in [0.4, 0.5) is 13.2 Å². The van der Waals surface area contributed by atoms with Gasteiger partial charge in [0.2, 0.25) is 0 Å². The lowest BCUT2D eigenvalue weighted by Crippen LogP contribution is -2.48. The van der Waals surface area contributed by atoms with E-state index < -0.39 is 33.1 Å². The van der Waals surface area contributed by atoms with Crippen LogP contribution in [0.25, 0.3) is 0 Å². The van der Waals surface area contributed by atoms with Crippen LogP contribution in [0, 0.1) is 0 Å². The fourth-order valence-corrected chi connectivity index (χ4v) is 6.33. The maximum Gasteiger partial charge on any atom is 0.416 e. The van der Waals surface area contributed by atoms with Gasteiger partial charge in [0.1, 0.15) is 6.23 Å². The Kier molecular flexibility index (Phi) is 7.81. The number of hydrogen-bond donors (Lipinski definition) is 3. The number of halogens is 3. The molecular weight excluding hydrogens is 417 g/mol. The molecule has 1 aromatic rings. The van der Waals surface area contributed by atoms with Gasteiger partial charge in [-0.1, -0.05) is 25.3 Å². The van der Waals surface area contributed by atoms with Crippen molar-refractivity contribution in [3.8, 4) is 0 Å². The summed E-state index contributed by atoms with van der Waals surface area (Å²) >= 11 is 0. The Bertz CT molecular complexity index is 787. The third-order valence-corrected chi connectivity index (χ3v) is 8.50. The van der Waals surface area contributed by atoms with Gasteiger partial charge < -0.3 is 10.4 Å². The first kappa shape index (κ1) is 23.5. The normalized spacial score (nSPS) is 25.2. The van der Waals surface area contributed by atoms with Crippen LogP contribution in [0.3, 0.4) is 0 Å². The highest BCUT2D eigenvalue weighted by atomic mass is 32.2. The van der Waals surface area contributed by atoms with Crippen LogP contribution in [-0.2, 0) is 16.0 Å². The second kappa shape index (κ2) is 9.97. The van der Waals surface area contributed by atoms with Gasteiger partial charge in [0, 0.05) is 18.6 Å². The molecule has 0 aromatic heterocycles. The molecule has 170 valence electrons. The van der Waals surface area contributed by atoms with E-state index in [4.69, 9.17) is 0 Å². The molecule has 0 spiro atoms. The zero-order chi connectivity index (χ0) is 21.8. The Hall–Kier alpha value is -1.16. The molecule has 0 heterocycles. The van der Waals surface area contributed by atoms with E-state index in [0.717, 1.165) is 31.0 Å². The molecule has 0 amide bonds. The maximum atomic E-state index is 12.9. The molecule has 0 aliphatic heterocycles. The summed E-state index contributed by atoms with van der Waals surface area (Å²) in [5, 5.41) is 16.0. The van der Waals surface area contributed by atoms with Crippen LogP contribution >= 0.6 is 0 Å². The second-order valence-corrected chi connectivity index (χ2v) is 10.7. The van der Waals surface area contributed by atoms with Crippen molar-refractivity contribution in [3.05, 3.63) is 29.8 Å². The molecule has 2 aliphatic rings. The molecular formula is C21H31F3N2O3S. The van der Waals surface area contributed by atoms with Gasteiger partial charge >= 0.3 is 6.18 Å². The number of benzene rings is 1. The van der Waals surface area contributed by atoms with Gasteiger partial charge in [-0.3, -0.25) is 5.32 Å². The minimum absolute atomic E-state index is 0.0979. The van der Waals surface area contributed by atoms with E-state index in [1.165, 1.54) is 25.3 Å². The Morgan fingerprint density at radius 3 is 2.30 bits per heavy atom. The third-order valence-electron chi connectivity index (χ3n) is 6.24. The minimum Gasteiger partial charge on any atom is -0.377 e. The number of rotatable bonds is 7. The lowest BCUT2D eigenvalue weighted by atomic mass is 9.94. The van der Waals surface area contributed by atoms with Crippen LogP contribution in [0.2, 0.25) is 0 Å². The molecule has 30 heavy (non-hydrogen) atoms. The minimum atomic E-state index is -4.57. The molecule has 1 unspecified atom stereocenters. The Morgan fingerprint density at radius 1 is 1.00 bits per heavy atom. The molecule has 2 saturated carbocycles. The SMILES string of the molecule is O=S(=O)(c1cccc(C(F)(F)F)c1)C1CCC(NCC(O)NC2CCCCC2)CC1. The molecule has 2 aliphatic carbocycles. The van der Waals surface area contributed by atoms with Crippen molar-refractivity contribution in [2.24, 2.45) is 0 Å². The van der Waals surface area contributed by atoms with Gasteiger partial charge in [-0.15, -0.1) is 0 Å². The van der Waals surface area contributed by atoms with E-state index >= 15 is 0 Å². The summed E-state index contributed by atoms with van der Waals surface area (Å²) in [6.07, 6.45) is 2.57. The van der Waals surface area contributed by atoms with Gasteiger partial charge in [0.05, 0.1) is 15.7 Å².